The number of fused-ring (bicyclic) bond motifs is 5. The Balaban J connectivity index is 1.91. The monoisotopic (exact) mass is 424 g/mol. The van der Waals surface area contributed by atoms with Gasteiger partial charge >= 0.3 is 0 Å². The second-order valence-electron chi connectivity index (χ2n) is 6.17. The quantitative estimate of drug-likeness (QED) is 0.419. The zero-order valence-electron chi connectivity index (χ0n) is 13.5. The molecular formula is C20H13BrN2O2S. The van der Waals surface area contributed by atoms with E-state index < -0.39 is 10.0 Å². The summed E-state index contributed by atoms with van der Waals surface area (Å²) in [4.78, 5) is 3.66. The highest BCUT2D eigenvalue weighted by atomic mass is 79.9. The van der Waals surface area contributed by atoms with E-state index >= 15 is 0 Å². The standard InChI is InChI=1S/C20H13BrN2O2S/c21-14-7-9-18-17(12-14)16-8-6-13-10-11-23(20(13)19(16)22-18)26(24,25)15-4-2-1-3-5-15/h1-12,22H. The molecule has 128 valence electrons. The van der Waals surface area contributed by atoms with Crippen LogP contribution < -0.4 is 0 Å². The summed E-state index contributed by atoms with van der Waals surface area (Å²) < 4.78 is 28.7. The molecule has 0 saturated carbocycles. The van der Waals surface area contributed by atoms with Gasteiger partial charge in [-0.2, -0.15) is 0 Å². The van der Waals surface area contributed by atoms with Crippen molar-refractivity contribution in [3.8, 4) is 0 Å². The highest BCUT2D eigenvalue weighted by molar-refractivity contribution is 9.10. The van der Waals surface area contributed by atoms with Gasteiger partial charge in [0.25, 0.3) is 10.0 Å². The summed E-state index contributed by atoms with van der Waals surface area (Å²) >= 11 is 3.51. The van der Waals surface area contributed by atoms with E-state index in [1.54, 1.807) is 36.5 Å². The normalized spacial score (nSPS) is 12.3. The first kappa shape index (κ1) is 15.7. The minimum atomic E-state index is -3.67. The third-order valence-corrected chi connectivity index (χ3v) is 6.83. The lowest BCUT2D eigenvalue weighted by molar-refractivity contribution is 0.589. The van der Waals surface area contributed by atoms with Crippen LogP contribution in [0, 0.1) is 0 Å². The fourth-order valence-corrected chi connectivity index (χ4v) is 5.19. The molecule has 2 heterocycles. The first-order valence-electron chi connectivity index (χ1n) is 8.07. The molecule has 0 aliphatic rings. The molecule has 6 heteroatoms. The molecule has 2 aromatic heterocycles. The van der Waals surface area contributed by atoms with Crippen molar-refractivity contribution in [3.05, 3.63) is 77.4 Å². The maximum Gasteiger partial charge on any atom is 0.268 e. The Bertz CT molecular complexity index is 1400. The van der Waals surface area contributed by atoms with E-state index in [-0.39, 0.29) is 4.90 Å². The molecule has 0 aliphatic carbocycles. The molecule has 0 saturated heterocycles. The Labute approximate surface area is 158 Å². The van der Waals surface area contributed by atoms with Gasteiger partial charge in [-0.15, -0.1) is 0 Å². The maximum absolute atomic E-state index is 13.2. The Morgan fingerprint density at radius 1 is 0.885 bits per heavy atom. The molecule has 0 atom stereocenters. The lowest BCUT2D eigenvalue weighted by Crippen LogP contribution is -2.11. The Hall–Kier alpha value is -2.57. The second kappa shape index (κ2) is 5.46. The molecular weight excluding hydrogens is 412 g/mol. The second-order valence-corrected chi connectivity index (χ2v) is 8.90. The minimum Gasteiger partial charge on any atom is -0.353 e. The van der Waals surface area contributed by atoms with Crippen LogP contribution in [0.3, 0.4) is 0 Å². The van der Waals surface area contributed by atoms with Crippen molar-refractivity contribution in [2.24, 2.45) is 0 Å². The number of hydrogen-bond donors (Lipinski definition) is 1. The maximum atomic E-state index is 13.2. The van der Waals surface area contributed by atoms with E-state index in [9.17, 15) is 8.42 Å². The number of rotatable bonds is 2. The minimum absolute atomic E-state index is 0.272. The van der Waals surface area contributed by atoms with Crippen LogP contribution in [0.1, 0.15) is 0 Å². The van der Waals surface area contributed by atoms with Crippen molar-refractivity contribution >= 4 is 58.7 Å². The van der Waals surface area contributed by atoms with Crippen LogP contribution in [0.2, 0.25) is 0 Å². The van der Waals surface area contributed by atoms with Crippen molar-refractivity contribution in [2.75, 3.05) is 0 Å². The van der Waals surface area contributed by atoms with Crippen LogP contribution in [-0.2, 0) is 10.0 Å². The average Bonchev–Trinajstić information content (AvgIpc) is 3.23. The molecule has 0 fully saturated rings. The van der Waals surface area contributed by atoms with Gasteiger partial charge in [0.1, 0.15) is 0 Å². The number of halogens is 1. The van der Waals surface area contributed by atoms with Gasteiger partial charge < -0.3 is 4.98 Å². The molecule has 0 amide bonds. The Morgan fingerprint density at radius 2 is 1.69 bits per heavy atom. The molecule has 26 heavy (non-hydrogen) atoms. The topological polar surface area (TPSA) is 54.9 Å². The zero-order valence-corrected chi connectivity index (χ0v) is 15.9. The third kappa shape index (κ3) is 2.15. The summed E-state index contributed by atoms with van der Waals surface area (Å²) in [6, 6.07) is 20.3. The summed E-state index contributed by atoms with van der Waals surface area (Å²) in [5.41, 5.74) is 2.46. The lowest BCUT2D eigenvalue weighted by atomic mass is 10.1. The van der Waals surface area contributed by atoms with Gasteiger partial charge in [-0.25, -0.2) is 12.4 Å². The number of benzene rings is 3. The van der Waals surface area contributed by atoms with Crippen molar-refractivity contribution in [1.29, 1.82) is 0 Å². The van der Waals surface area contributed by atoms with Gasteiger partial charge in [0, 0.05) is 32.3 Å². The fraction of sp³-hybridized carbons (Fsp3) is 0. The van der Waals surface area contributed by atoms with E-state index in [1.807, 2.05) is 36.4 Å². The molecule has 1 N–H and O–H groups in total. The summed E-state index contributed by atoms with van der Waals surface area (Å²) in [7, 11) is -3.67. The highest BCUT2D eigenvalue weighted by Gasteiger charge is 2.21. The number of aromatic nitrogens is 2. The molecule has 0 radical (unpaired) electrons. The van der Waals surface area contributed by atoms with E-state index in [1.165, 1.54) is 3.97 Å². The first-order chi connectivity index (χ1) is 12.6. The molecule has 0 unspecified atom stereocenters. The SMILES string of the molecule is O=S(=O)(c1ccccc1)n1ccc2ccc3c4cc(Br)ccc4[nH]c3c21. The number of nitrogens with zero attached hydrogens (tertiary/aromatic N) is 1. The number of hydrogen-bond acceptors (Lipinski definition) is 2. The van der Waals surface area contributed by atoms with Crippen molar-refractivity contribution in [2.45, 2.75) is 4.90 Å². The highest BCUT2D eigenvalue weighted by Crippen LogP contribution is 2.34. The Morgan fingerprint density at radius 3 is 2.50 bits per heavy atom. The van der Waals surface area contributed by atoms with Gasteiger partial charge in [0.15, 0.2) is 0 Å². The summed E-state index contributed by atoms with van der Waals surface area (Å²) in [5, 5.41) is 2.93. The Kier molecular flexibility index (Phi) is 3.29. The van der Waals surface area contributed by atoms with Crippen LogP contribution in [0.15, 0.2) is 82.3 Å². The molecule has 4 nitrogen and oxygen atoms in total. The van der Waals surface area contributed by atoms with Crippen LogP contribution in [0.5, 0.6) is 0 Å². The number of nitrogens with one attached hydrogen (secondary N) is 1. The number of H-pyrrole nitrogens is 1. The molecule has 0 spiro atoms. The van der Waals surface area contributed by atoms with E-state index in [0.717, 1.165) is 31.7 Å². The summed E-state index contributed by atoms with van der Waals surface area (Å²) in [6.07, 6.45) is 1.62. The van der Waals surface area contributed by atoms with E-state index in [0.29, 0.717) is 5.52 Å². The summed E-state index contributed by atoms with van der Waals surface area (Å²) in [5.74, 6) is 0. The lowest BCUT2D eigenvalue weighted by Gasteiger charge is -2.08. The first-order valence-corrected chi connectivity index (χ1v) is 10.3. The fourth-order valence-electron chi connectivity index (χ4n) is 3.44. The van der Waals surface area contributed by atoms with Crippen molar-refractivity contribution in [3.63, 3.8) is 0 Å². The van der Waals surface area contributed by atoms with Crippen LogP contribution in [0.25, 0.3) is 32.7 Å². The average molecular weight is 425 g/mol. The molecule has 0 bridgehead atoms. The largest absolute Gasteiger partial charge is 0.353 e. The molecule has 0 aliphatic heterocycles. The molecule has 5 aromatic rings. The van der Waals surface area contributed by atoms with Gasteiger partial charge in [-0.3, -0.25) is 0 Å². The molecule has 3 aromatic carbocycles. The van der Waals surface area contributed by atoms with Crippen molar-refractivity contribution in [1.82, 2.24) is 8.96 Å². The summed E-state index contributed by atoms with van der Waals surface area (Å²) in [6.45, 7) is 0. The smallest absolute Gasteiger partial charge is 0.268 e. The van der Waals surface area contributed by atoms with E-state index in [4.69, 9.17) is 0 Å². The van der Waals surface area contributed by atoms with Gasteiger partial charge in [-0.1, -0.05) is 46.3 Å². The van der Waals surface area contributed by atoms with Gasteiger partial charge in [-0.05, 0) is 36.4 Å². The van der Waals surface area contributed by atoms with Crippen molar-refractivity contribution < 1.29 is 8.42 Å². The van der Waals surface area contributed by atoms with Crippen LogP contribution in [-0.4, -0.2) is 17.4 Å². The predicted molar refractivity (Wildman–Crippen MR) is 108 cm³/mol. The van der Waals surface area contributed by atoms with Crippen LogP contribution in [0.4, 0.5) is 0 Å². The zero-order chi connectivity index (χ0) is 17.9. The van der Waals surface area contributed by atoms with E-state index in [2.05, 4.69) is 20.9 Å². The third-order valence-electron chi connectivity index (χ3n) is 4.65. The number of aromatic amines is 1. The van der Waals surface area contributed by atoms with Gasteiger partial charge in [0.05, 0.1) is 15.9 Å². The van der Waals surface area contributed by atoms with Gasteiger partial charge in [0.2, 0.25) is 0 Å². The predicted octanol–water partition coefficient (Wildman–Crippen LogP) is 5.28. The molecule has 5 rings (SSSR count). The van der Waals surface area contributed by atoms with Crippen LogP contribution >= 0.6 is 15.9 Å².